The Morgan fingerprint density at radius 1 is 1.56 bits per heavy atom. The van der Waals surface area contributed by atoms with Crippen LogP contribution in [0.4, 0.5) is 0 Å². The van der Waals surface area contributed by atoms with Crippen molar-refractivity contribution in [1.29, 1.82) is 0 Å². The van der Waals surface area contributed by atoms with Crippen LogP contribution in [-0.2, 0) is 14.6 Å². The largest absolute Gasteiger partial charge is 0.393 e. The average Bonchev–Trinajstić information content (AvgIpc) is 2.23. The lowest BCUT2D eigenvalue weighted by molar-refractivity contribution is -0.123. The predicted molar refractivity (Wildman–Crippen MR) is 75.0 cm³/mol. The van der Waals surface area contributed by atoms with Crippen molar-refractivity contribution in [2.45, 2.75) is 38.6 Å². The second kappa shape index (κ2) is 6.47. The molecule has 5 nitrogen and oxygen atoms in total. The topological polar surface area (TPSA) is 89.3 Å². The predicted octanol–water partition coefficient (Wildman–Crippen LogP) is 0.382. The molecule has 104 valence electrons. The van der Waals surface area contributed by atoms with E-state index in [-0.39, 0.29) is 28.4 Å². The summed E-state index contributed by atoms with van der Waals surface area (Å²) in [5.41, 5.74) is 5.53. The van der Waals surface area contributed by atoms with Gasteiger partial charge in [-0.3, -0.25) is 4.79 Å². The smallest absolute Gasteiger partial charge is 0.230 e. The summed E-state index contributed by atoms with van der Waals surface area (Å²) < 4.78 is 22.9. The Bertz CT molecular complexity index is 420. The van der Waals surface area contributed by atoms with Crippen molar-refractivity contribution in [1.82, 2.24) is 5.32 Å². The molecule has 0 radical (unpaired) electrons. The summed E-state index contributed by atoms with van der Waals surface area (Å²) in [6, 6.07) is -0.301. The van der Waals surface area contributed by atoms with Crippen LogP contribution in [0.15, 0.2) is 0 Å². The van der Waals surface area contributed by atoms with Crippen molar-refractivity contribution >= 4 is 33.0 Å². The lowest BCUT2D eigenvalue weighted by Gasteiger charge is -2.25. The highest BCUT2D eigenvalue weighted by Gasteiger charge is 2.28. The van der Waals surface area contributed by atoms with Crippen LogP contribution < -0.4 is 11.1 Å². The van der Waals surface area contributed by atoms with E-state index in [4.69, 9.17) is 18.0 Å². The van der Waals surface area contributed by atoms with Gasteiger partial charge in [0.1, 0.15) is 0 Å². The van der Waals surface area contributed by atoms with E-state index < -0.39 is 15.8 Å². The summed E-state index contributed by atoms with van der Waals surface area (Å²) in [6.07, 6.45) is 2.69. The second-order valence-electron chi connectivity index (χ2n) is 4.71. The molecule has 7 heteroatoms. The minimum Gasteiger partial charge on any atom is -0.393 e. The summed E-state index contributed by atoms with van der Waals surface area (Å²) >= 11 is 4.87. The lowest BCUT2D eigenvalue weighted by atomic mass is 10.0. The van der Waals surface area contributed by atoms with Gasteiger partial charge in [-0.15, -0.1) is 0 Å². The zero-order valence-corrected chi connectivity index (χ0v) is 12.1. The molecule has 1 rings (SSSR count). The number of nitrogens with two attached hydrogens (primary N) is 1. The van der Waals surface area contributed by atoms with Gasteiger partial charge in [-0.05, 0) is 19.3 Å². The molecule has 1 aliphatic rings. The Labute approximate surface area is 113 Å². The van der Waals surface area contributed by atoms with E-state index in [1.54, 1.807) is 0 Å². The highest BCUT2D eigenvalue weighted by atomic mass is 32.2. The third-order valence-electron chi connectivity index (χ3n) is 3.05. The molecule has 2 atom stereocenters. The maximum atomic E-state index is 12.0. The van der Waals surface area contributed by atoms with E-state index in [1.807, 2.05) is 6.92 Å². The van der Waals surface area contributed by atoms with E-state index in [9.17, 15) is 13.2 Å². The first-order valence-corrected chi connectivity index (χ1v) is 8.39. The Morgan fingerprint density at radius 3 is 2.72 bits per heavy atom. The van der Waals surface area contributed by atoms with Crippen molar-refractivity contribution in [2.24, 2.45) is 11.7 Å². The summed E-state index contributed by atoms with van der Waals surface area (Å²) in [6.45, 7) is 1.95. The highest BCUT2D eigenvalue weighted by molar-refractivity contribution is 7.91. The molecule has 0 saturated carbocycles. The molecule has 1 aliphatic heterocycles. The molecule has 0 aromatic heterocycles. The third-order valence-corrected chi connectivity index (χ3v) is 5.15. The Balaban J connectivity index is 2.60. The first-order valence-electron chi connectivity index (χ1n) is 6.16. The molecule has 18 heavy (non-hydrogen) atoms. The molecule has 0 bridgehead atoms. The standard InChI is InChI=1S/C11H20N2O3S2/c1-2-4-9(10(12)17)11(14)13-8-5-3-6-18(15,16)7-8/h8-9H,2-7H2,1H3,(H2,12,17)(H,13,14). The molecule has 0 aliphatic carbocycles. The second-order valence-corrected chi connectivity index (χ2v) is 7.41. The normalized spacial score (nSPS) is 24.2. The van der Waals surface area contributed by atoms with Crippen molar-refractivity contribution in [2.75, 3.05) is 11.5 Å². The average molecular weight is 292 g/mol. The summed E-state index contributed by atoms with van der Waals surface area (Å²) in [5, 5.41) is 2.76. The minimum atomic E-state index is -3.01. The van der Waals surface area contributed by atoms with E-state index in [1.165, 1.54) is 0 Å². The van der Waals surface area contributed by atoms with E-state index in [0.29, 0.717) is 19.3 Å². The van der Waals surface area contributed by atoms with Crippen molar-refractivity contribution in [3.05, 3.63) is 0 Å². The molecular formula is C11H20N2O3S2. The fourth-order valence-electron chi connectivity index (χ4n) is 2.13. The van der Waals surface area contributed by atoms with Crippen molar-refractivity contribution < 1.29 is 13.2 Å². The number of nitrogens with one attached hydrogen (secondary N) is 1. The van der Waals surface area contributed by atoms with Crippen molar-refractivity contribution in [3.63, 3.8) is 0 Å². The van der Waals surface area contributed by atoms with Crippen LogP contribution >= 0.6 is 12.2 Å². The summed E-state index contributed by atoms with van der Waals surface area (Å²) in [5.74, 6) is -0.497. The van der Waals surface area contributed by atoms with Gasteiger partial charge in [0.15, 0.2) is 9.84 Å². The van der Waals surface area contributed by atoms with Crippen LogP contribution in [0.2, 0.25) is 0 Å². The number of carbonyl (C=O) groups excluding carboxylic acids is 1. The van der Waals surface area contributed by atoms with Gasteiger partial charge in [0, 0.05) is 6.04 Å². The van der Waals surface area contributed by atoms with E-state index in [2.05, 4.69) is 5.32 Å². The van der Waals surface area contributed by atoms with Gasteiger partial charge in [-0.2, -0.15) is 0 Å². The fraction of sp³-hybridized carbons (Fsp3) is 0.818. The number of hydrogen-bond donors (Lipinski definition) is 2. The van der Waals surface area contributed by atoms with Crippen LogP contribution in [0, 0.1) is 5.92 Å². The molecular weight excluding hydrogens is 272 g/mol. The maximum Gasteiger partial charge on any atom is 0.230 e. The van der Waals surface area contributed by atoms with Gasteiger partial charge in [0.05, 0.1) is 22.4 Å². The molecule has 1 fully saturated rings. The van der Waals surface area contributed by atoms with Gasteiger partial charge >= 0.3 is 0 Å². The van der Waals surface area contributed by atoms with Gasteiger partial charge in [-0.25, -0.2) is 8.42 Å². The number of carbonyl (C=O) groups is 1. The Morgan fingerprint density at radius 2 is 2.22 bits per heavy atom. The van der Waals surface area contributed by atoms with Crippen LogP contribution in [0.1, 0.15) is 32.6 Å². The van der Waals surface area contributed by atoms with Crippen molar-refractivity contribution in [3.8, 4) is 0 Å². The number of hydrogen-bond acceptors (Lipinski definition) is 4. The lowest BCUT2D eigenvalue weighted by Crippen LogP contribution is -2.47. The molecule has 3 N–H and O–H groups in total. The SMILES string of the molecule is CCCC(C(=O)NC1CCCS(=O)(=O)C1)C(N)=S. The number of thiocarbonyl (C=S) groups is 1. The molecule has 1 saturated heterocycles. The molecule has 1 heterocycles. The minimum absolute atomic E-state index is 0.0227. The van der Waals surface area contributed by atoms with Crippen LogP contribution in [0.3, 0.4) is 0 Å². The van der Waals surface area contributed by atoms with Crippen LogP contribution in [0.5, 0.6) is 0 Å². The zero-order valence-electron chi connectivity index (χ0n) is 10.5. The summed E-state index contributed by atoms with van der Waals surface area (Å²) in [4.78, 5) is 12.2. The summed E-state index contributed by atoms with van der Waals surface area (Å²) in [7, 11) is -3.01. The first-order chi connectivity index (χ1) is 8.35. The van der Waals surface area contributed by atoms with E-state index >= 15 is 0 Å². The first kappa shape index (κ1) is 15.4. The van der Waals surface area contributed by atoms with Crippen LogP contribution in [0.25, 0.3) is 0 Å². The molecule has 1 amide bonds. The number of amides is 1. The molecule has 0 aromatic rings. The Hall–Kier alpha value is -0.690. The number of sulfone groups is 1. The monoisotopic (exact) mass is 292 g/mol. The number of rotatable bonds is 5. The fourth-order valence-corrected chi connectivity index (χ4v) is 3.99. The zero-order chi connectivity index (χ0) is 13.8. The van der Waals surface area contributed by atoms with Gasteiger partial charge in [-0.1, -0.05) is 25.6 Å². The Kier molecular flexibility index (Phi) is 5.52. The van der Waals surface area contributed by atoms with Gasteiger partial charge < -0.3 is 11.1 Å². The van der Waals surface area contributed by atoms with Gasteiger partial charge in [0.25, 0.3) is 0 Å². The van der Waals surface area contributed by atoms with Crippen LogP contribution in [-0.4, -0.2) is 36.9 Å². The van der Waals surface area contributed by atoms with Gasteiger partial charge in [0.2, 0.25) is 5.91 Å². The maximum absolute atomic E-state index is 12.0. The third kappa shape index (κ3) is 4.53. The van der Waals surface area contributed by atoms with E-state index in [0.717, 1.165) is 6.42 Å². The molecule has 0 spiro atoms. The quantitative estimate of drug-likeness (QED) is 0.715. The molecule has 0 aromatic carbocycles. The highest BCUT2D eigenvalue weighted by Crippen LogP contribution is 2.14. The molecule has 2 unspecified atom stereocenters.